The number of unbranched alkanes of at least 4 members (excludes halogenated alkanes) is 1. The second-order valence-electron chi connectivity index (χ2n) is 27.1. The molecule has 0 spiro atoms. The van der Waals surface area contributed by atoms with Gasteiger partial charge in [-0.05, 0) is 88.6 Å². The molecule has 0 aliphatic carbocycles. The summed E-state index contributed by atoms with van der Waals surface area (Å²) < 4.78 is 1.33. The van der Waals surface area contributed by atoms with Crippen LogP contribution in [0.15, 0.2) is 96.8 Å². The largest absolute Gasteiger partial charge is 0.480 e. The number of imidazole rings is 2. The van der Waals surface area contributed by atoms with Crippen LogP contribution in [-0.4, -0.2) is 251 Å². The van der Waals surface area contributed by atoms with E-state index in [0.29, 0.717) is 23.4 Å². The van der Waals surface area contributed by atoms with Gasteiger partial charge in [-0.3, -0.25) is 76.8 Å². The third-order valence-electron chi connectivity index (χ3n) is 18.1. The molecule has 117 heavy (non-hydrogen) atoms. The Balaban J connectivity index is 1.01. The first-order valence-electron chi connectivity index (χ1n) is 36.9. The minimum absolute atomic E-state index is 0.0147. The number of benzene rings is 2. The number of hydrogen-bond acceptors (Lipinski definition) is 28. The molecular weight excluding hydrogens is 1540 g/mol. The average molecular weight is 1630 g/mol. The summed E-state index contributed by atoms with van der Waals surface area (Å²) in [4.78, 5) is 237. The van der Waals surface area contributed by atoms with Crippen molar-refractivity contribution in [3.05, 3.63) is 136 Å². The van der Waals surface area contributed by atoms with Crippen molar-refractivity contribution in [2.45, 2.75) is 171 Å². The molecule has 11 atom stereocenters. The van der Waals surface area contributed by atoms with Gasteiger partial charge in [-0.2, -0.15) is 4.98 Å². The fraction of sp³-hybridized carbons (Fsp3) is 0.437. The van der Waals surface area contributed by atoms with Crippen LogP contribution in [-0.2, 0) is 106 Å². The number of carbonyl (C=O) groups excluding carboxylic acids is 12. The molecule has 626 valence electrons. The highest BCUT2D eigenvalue weighted by atomic mass is 16.6. The van der Waals surface area contributed by atoms with E-state index in [1.165, 1.54) is 73.3 Å². The maximum Gasteiger partial charge on any atom is 0.326 e. The van der Waals surface area contributed by atoms with Gasteiger partial charge in [0.05, 0.1) is 56.0 Å². The van der Waals surface area contributed by atoms with Crippen molar-refractivity contribution >= 4 is 106 Å². The zero-order chi connectivity index (χ0) is 84.7. The van der Waals surface area contributed by atoms with Gasteiger partial charge in [0.2, 0.25) is 70.9 Å². The molecule has 2 bridgehead atoms. The Hall–Kier alpha value is -13.8. The molecule has 12 amide bonds. The van der Waals surface area contributed by atoms with E-state index in [9.17, 15) is 92.3 Å². The van der Waals surface area contributed by atoms with Crippen LogP contribution in [0.25, 0.3) is 11.2 Å². The number of nitrogens with one attached hydrogen (secondary N) is 16. The minimum Gasteiger partial charge on any atom is -0.480 e. The Bertz CT molecular complexity index is 4660. The molecule has 6 heterocycles. The summed E-state index contributed by atoms with van der Waals surface area (Å²) in [6.07, 6.45) is 4.10. The number of aliphatic hydroxyl groups excluding tert-OH is 2. The van der Waals surface area contributed by atoms with E-state index >= 15 is 0 Å². The van der Waals surface area contributed by atoms with E-state index in [4.69, 9.17) is 11.6 Å². The zero-order valence-corrected chi connectivity index (χ0v) is 63.3. The molecule has 1 aliphatic heterocycles. The van der Waals surface area contributed by atoms with Gasteiger partial charge in [-0.25, -0.2) is 35.4 Å². The van der Waals surface area contributed by atoms with Crippen molar-refractivity contribution in [3.63, 3.8) is 0 Å². The number of aromatic nitrogens is 11. The van der Waals surface area contributed by atoms with Gasteiger partial charge in [0, 0.05) is 86.4 Å². The Morgan fingerprint density at radius 3 is 2.00 bits per heavy atom. The second-order valence-corrected chi connectivity index (χ2v) is 27.1. The van der Waals surface area contributed by atoms with E-state index in [2.05, 4.69) is 124 Å². The number of hydrogen-bond donors (Lipinski definition) is 22. The van der Waals surface area contributed by atoms with Crippen molar-refractivity contribution in [2.75, 3.05) is 37.4 Å². The highest BCUT2D eigenvalue weighted by molar-refractivity contribution is 6.00. The first-order valence-corrected chi connectivity index (χ1v) is 36.9. The van der Waals surface area contributed by atoms with Gasteiger partial charge in [-0.15, -0.1) is 5.10 Å². The van der Waals surface area contributed by atoms with Crippen LogP contribution in [0.4, 0.5) is 11.6 Å². The quantitative estimate of drug-likeness (QED) is 0.0138. The number of fused-ring (bicyclic) bond motifs is 3. The fourth-order valence-electron chi connectivity index (χ4n) is 11.8. The molecule has 2 aromatic carbocycles. The van der Waals surface area contributed by atoms with Gasteiger partial charge in [-0.1, -0.05) is 35.5 Å². The number of carboxylic acid groups (broad SMARTS) is 2. The summed E-state index contributed by atoms with van der Waals surface area (Å²) in [5, 5.41) is 83.0. The number of H-pyrrole nitrogens is 3. The summed E-state index contributed by atoms with van der Waals surface area (Å²) in [5.74, 6) is -9.87. The number of anilines is 2. The van der Waals surface area contributed by atoms with Crippen molar-refractivity contribution in [1.82, 2.24) is 119 Å². The topological polar surface area (TPSA) is 697 Å². The van der Waals surface area contributed by atoms with Crippen LogP contribution in [0.1, 0.15) is 104 Å². The van der Waals surface area contributed by atoms with E-state index < -0.39 is 200 Å². The van der Waals surface area contributed by atoms with Crippen LogP contribution >= 0.6 is 0 Å². The van der Waals surface area contributed by atoms with E-state index in [-0.39, 0.29) is 104 Å². The van der Waals surface area contributed by atoms with Gasteiger partial charge < -0.3 is 105 Å². The van der Waals surface area contributed by atoms with E-state index in [1.807, 2.05) is 0 Å². The molecule has 8 rings (SSSR count). The molecule has 0 fully saturated rings. The number of nitrogens with zero attached hydrogens (tertiary/aromatic N) is 8. The number of nitrogens with two attached hydrogens (primary N) is 2. The van der Waals surface area contributed by atoms with Crippen LogP contribution < -0.4 is 86.3 Å². The normalized spacial score (nSPS) is 19.1. The number of aromatic amines is 3. The number of aliphatic carboxylic acids is 2. The SMILES string of the molecule is C[C@H](O)[C@H]1NC(=O)[C@@H](Cc2cnc[nH]2)NC(=O)[C@@H](CO)NC(=O)[C@@H](Cc2cnc[nH]2)NC(=O)[C@@H](NC(=O)CC[C@H](NC(=O)c2ccc(NCc3cnc4nc(N)[nH]c(=O)c4n3)cc2)C(=O)O)Cc2cn(nn2)CCCC[C@@H](C(=O)NCC(=O)N[C@@H](Cc2ccccc2)C(=O)N[C@@H](CCCCNC(=O)CON)C(=O)O)NC(=O)[C@@H](C)NC1=O. The van der Waals surface area contributed by atoms with Crippen LogP contribution in [0.5, 0.6) is 0 Å². The lowest BCUT2D eigenvalue weighted by Crippen LogP contribution is -2.62. The monoisotopic (exact) mass is 1630 g/mol. The van der Waals surface area contributed by atoms with Crippen molar-refractivity contribution in [2.24, 2.45) is 5.90 Å². The van der Waals surface area contributed by atoms with Gasteiger partial charge in [0.15, 0.2) is 11.2 Å². The fourth-order valence-corrected chi connectivity index (χ4v) is 11.8. The van der Waals surface area contributed by atoms with Crippen LogP contribution in [0, 0.1) is 0 Å². The van der Waals surface area contributed by atoms with Gasteiger partial charge in [0.25, 0.3) is 11.5 Å². The summed E-state index contributed by atoms with van der Waals surface area (Å²) in [5.41, 5.74) is 6.93. The lowest BCUT2D eigenvalue weighted by atomic mass is 10.0. The zero-order valence-electron chi connectivity index (χ0n) is 63.3. The highest BCUT2D eigenvalue weighted by Crippen LogP contribution is 2.16. The van der Waals surface area contributed by atoms with Gasteiger partial charge >= 0.3 is 11.9 Å². The molecule has 0 radical (unpaired) electrons. The lowest BCUT2D eigenvalue weighted by molar-refractivity contribution is -0.142. The molecule has 0 unspecified atom stereocenters. The maximum atomic E-state index is 14.8. The molecule has 0 saturated carbocycles. The van der Waals surface area contributed by atoms with Crippen molar-refractivity contribution < 1.29 is 92.4 Å². The Kier molecular flexibility index (Phi) is 33.4. The van der Waals surface area contributed by atoms with Crippen molar-refractivity contribution in [3.8, 4) is 0 Å². The molecule has 24 N–H and O–H groups in total. The lowest BCUT2D eigenvalue weighted by Gasteiger charge is -2.27. The molecule has 0 saturated heterocycles. The smallest absolute Gasteiger partial charge is 0.326 e. The highest BCUT2D eigenvalue weighted by Gasteiger charge is 2.37. The predicted octanol–water partition coefficient (Wildman–Crippen LogP) is -6.80. The number of amides is 12. The number of aryl methyl sites for hydroxylation is 1. The standard InChI is InChI=1S/C71H92N26O20/c1-36-59(103)86-45(61(105)79-30-54(101)85-48(22-38-10-4-3-5-11-38)62(106)88-46(69(113)114)13-6-8-20-76-55(102)33-117-73)12-7-9-21-97-31-43(95-96-97)25-49(84-53(100)19-18-47(70(115)116)87-60(104)39-14-16-40(17-15-39)77-28-44-29-78-58-57(83-44)68(112)94-71(72)93-58)63(107)89-50(23-41-26-74-34-80-41)64(108)91-52(32-98)66(110)90-51(24-42-27-75-35-81-42)65(109)92-56(37(2)99)67(111)82-36/h3-5,10-11,14-17,26-27,29,31,34-37,45-52,56,77,98-99H,6-9,12-13,18-25,28,30,32-33,73H2,1-2H3,(H,74,80)(H,75,81)(H,76,102)(H,79,105)(H,82,111)(H,84,100)(H,85,101)(H,86,103)(H,87,104)(H,88,106)(H,89,107)(H,90,110)(H,91,108)(H,92,109)(H,113,114)(H,115,116)(H3,72,78,93,94,112)/t36-,37+,45+,46+,47+,48+,49+,50-,51-,52-,56-/m1/s1. The molecular formula is C71H92N26O20. The first-order chi connectivity index (χ1) is 56.0. The van der Waals surface area contributed by atoms with Crippen LogP contribution in [0.2, 0.25) is 0 Å². The third-order valence-corrected chi connectivity index (χ3v) is 18.1. The number of carboxylic acids is 2. The van der Waals surface area contributed by atoms with Crippen molar-refractivity contribution in [1.29, 1.82) is 0 Å². The summed E-state index contributed by atoms with van der Waals surface area (Å²) in [6, 6.07) is -2.25. The number of nitrogen functional groups attached to an aromatic ring is 1. The maximum absolute atomic E-state index is 14.8. The van der Waals surface area contributed by atoms with E-state index in [1.54, 1.807) is 30.3 Å². The molecule has 1 aliphatic rings. The summed E-state index contributed by atoms with van der Waals surface area (Å²) in [7, 11) is 0. The third kappa shape index (κ3) is 28.1. The number of rotatable bonds is 32. The Morgan fingerprint density at radius 1 is 0.692 bits per heavy atom. The predicted molar refractivity (Wildman–Crippen MR) is 406 cm³/mol. The van der Waals surface area contributed by atoms with Gasteiger partial charge in [0.1, 0.15) is 67.0 Å². The molecule has 46 heteroatoms. The Labute approximate surface area is 664 Å². The second kappa shape index (κ2) is 44.0. The molecule has 5 aromatic heterocycles. The summed E-state index contributed by atoms with van der Waals surface area (Å²) >= 11 is 0. The molecule has 46 nitrogen and oxygen atoms in total. The average Bonchev–Trinajstić information content (AvgIpc) is 1.04. The molecule has 7 aromatic rings. The van der Waals surface area contributed by atoms with E-state index in [0.717, 1.165) is 6.92 Å². The van der Waals surface area contributed by atoms with Crippen LogP contribution in [0.3, 0.4) is 0 Å². The number of carbonyl (C=O) groups is 14. The first kappa shape index (κ1) is 88.8. The Morgan fingerprint density at radius 2 is 1.35 bits per heavy atom. The summed E-state index contributed by atoms with van der Waals surface area (Å²) in [6.45, 7) is 0.242. The number of aliphatic hydroxyl groups is 2. The minimum atomic E-state index is -1.90.